The minimum absolute atomic E-state index is 0.0376. The minimum Gasteiger partial charge on any atom is -0.450 e. The summed E-state index contributed by atoms with van der Waals surface area (Å²) in [6, 6.07) is 0. The molecule has 0 aromatic heterocycles. The second-order valence-electron chi connectivity index (χ2n) is 3.63. The van der Waals surface area contributed by atoms with Crippen molar-refractivity contribution in [1.82, 2.24) is 10.6 Å². The quantitative estimate of drug-likeness (QED) is 0.508. The number of carbonyl (C=O) groups is 3. The molecular weight excluding hydrogens is 284 g/mol. The number of nitrogens with one attached hydrogen (secondary N) is 2. The lowest BCUT2D eigenvalue weighted by Gasteiger charge is -2.18. The van der Waals surface area contributed by atoms with Gasteiger partial charge >= 0.3 is 18.3 Å². The zero-order valence-electron chi connectivity index (χ0n) is 12.5. The first-order valence-corrected chi connectivity index (χ1v) is 6.68. The molecule has 0 saturated heterocycles. The van der Waals surface area contributed by atoms with Crippen molar-refractivity contribution in [3.05, 3.63) is 0 Å². The van der Waals surface area contributed by atoms with Gasteiger partial charge in [0.2, 0.25) is 0 Å². The second kappa shape index (κ2) is 11.6. The molecule has 9 nitrogen and oxygen atoms in total. The SMILES string of the molecule is CCOC(=O)NCC(CNC(=O)OCC)OC(=O)OCC. The molecule has 2 amide bonds. The Balaban J connectivity index is 4.29. The smallest absolute Gasteiger partial charge is 0.450 e. The number of carbonyl (C=O) groups excluding carboxylic acids is 3. The Morgan fingerprint density at radius 3 is 1.62 bits per heavy atom. The summed E-state index contributed by atoms with van der Waals surface area (Å²) in [6.07, 6.45) is -2.99. The van der Waals surface area contributed by atoms with Gasteiger partial charge in [-0.05, 0) is 20.8 Å². The third-order valence-corrected chi connectivity index (χ3v) is 2.02. The monoisotopic (exact) mass is 306 g/mol. The topological polar surface area (TPSA) is 112 Å². The molecule has 0 aromatic rings. The van der Waals surface area contributed by atoms with E-state index in [-0.39, 0.29) is 32.9 Å². The maximum atomic E-state index is 11.3. The van der Waals surface area contributed by atoms with Crippen molar-refractivity contribution >= 4 is 18.3 Å². The van der Waals surface area contributed by atoms with E-state index in [0.29, 0.717) is 0 Å². The summed E-state index contributed by atoms with van der Waals surface area (Å²) in [7, 11) is 0. The Bertz CT molecular complexity index is 314. The molecule has 0 bridgehead atoms. The fourth-order valence-electron chi connectivity index (χ4n) is 1.20. The van der Waals surface area contributed by atoms with Gasteiger partial charge in [0.15, 0.2) is 0 Å². The highest BCUT2D eigenvalue weighted by molar-refractivity contribution is 5.68. The summed E-state index contributed by atoms with van der Waals surface area (Å²) in [6.45, 7) is 5.47. The highest BCUT2D eigenvalue weighted by Gasteiger charge is 2.18. The number of hydrogen-bond donors (Lipinski definition) is 2. The fourth-order valence-corrected chi connectivity index (χ4v) is 1.20. The normalized spacial score (nSPS) is 9.71. The Labute approximate surface area is 123 Å². The maximum absolute atomic E-state index is 11.3. The average Bonchev–Trinajstić information content (AvgIpc) is 2.42. The van der Waals surface area contributed by atoms with Crippen LogP contribution in [-0.4, -0.2) is 57.4 Å². The van der Waals surface area contributed by atoms with Gasteiger partial charge in [-0.2, -0.15) is 0 Å². The molecule has 0 aliphatic rings. The number of alkyl carbamates (subject to hydrolysis) is 2. The zero-order chi connectivity index (χ0) is 16.1. The molecule has 0 radical (unpaired) electrons. The van der Waals surface area contributed by atoms with E-state index in [2.05, 4.69) is 24.8 Å². The number of amides is 2. The van der Waals surface area contributed by atoms with Crippen molar-refractivity contribution in [2.75, 3.05) is 32.9 Å². The van der Waals surface area contributed by atoms with E-state index in [4.69, 9.17) is 4.74 Å². The van der Waals surface area contributed by atoms with E-state index in [1.807, 2.05) is 0 Å². The molecule has 0 saturated carbocycles. The molecule has 9 heteroatoms. The van der Waals surface area contributed by atoms with Crippen molar-refractivity contribution in [1.29, 1.82) is 0 Å². The van der Waals surface area contributed by atoms with E-state index < -0.39 is 24.4 Å². The molecule has 0 aliphatic carbocycles. The summed E-state index contributed by atoms with van der Waals surface area (Å²) >= 11 is 0. The zero-order valence-corrected chi connectivity index (χ0v) is 12.5. The van der Waals surface area contributed by atoms with Crippen LogP contribution in [0.15, 0.2) is 0 Å². The van der Waals surface area contributed by atoms with E-state index in [9.17, 15) is 14.4 Å². The van der Waals surface area contributed by atoms with Crippen LogP contribution in [0, 0.1) is 0 Å². The predicted molar refractivity (Wildman–Crippen MR) is 71.9 cm³/mol. The van der Waals surface area contributed by atoms with E-state index >= 15 is 0 Å². The van der Waals surface area contributed by atoms with Gasteiger partial charge in [-0.3, -0.25) is 0 Å². The van der Waals surface area contributed by atoms with Gasteiger partial charge in [0.05, 0.1) is 32.9 Å². The number of hydrogen-bond acceptors (Lipinski definition) is 7. The van der Waals surface area contributed by atoms with Gasteiger partial charge < -0.3 is 29.6 Å². The third-order valence-electron chi connectivity index (χ3n) is 2.02. The summed E-state index contributed by atoms with van der Waals surface area (Å²) in [5, 5.41) is 4.80. The largest absolute Gasteiger partial charge is 0.508 e. The van der Waals surface area contributed by atoms with Crippen molar-refractivity contribution in [3.63, 3.8) is 0 Å². The van der Waals surface area contributed by atoms with E-state index in [1.54, 1.807) is 20.8 Å². The molecule has 0 atom stereocenters. The molecule has 0 rings (SSSR count). The Kier molecular flexibility index (Phi) is 10.4. The average molecular weight is 306 g/mol. The van der Waals surface area contributed by atoms with Gasteiger partial charge in [0.25, 0.3) is 0 Å². The van der Waals surface area contributed by atoms with E-state index in [0.717, 1.165) is 0 Å². The summed E-state index contributed by atoms with van der Waals surface area (Å²) < 4.78 is 18.9. The molecule has 0 spiro atoms. The minimum atomic E-state index is -0.890. The number of rotatable bonds is 8. The second-order valence-corrected chi connectivity index (χ2v) is 3.63. The van der Waals surface area contributed by atoms with Crippen molar-refractivity contribution in [2.24, 2.45) is 0 Å². The molecule has 2 N–H and O–H groups in total. The van der Waals surface area contributed by atoms with Crippen molar-refractivity contribution in [3.8, 4) is 0 Å². The molecule has 0 fully saturated rings. The molecule has 0 heterocycles. The molecule has 122 valence electrons. The first kappa shape index (κ1) is 18.8. The molecule has 0 aromatic carbocycles. The summed E-state index contributed by atoms with van der Waals surface area (Å²) in [5.74, 6) is 0. The lowest BCUT2D eigenvalue weighted by molar-refractivity contribution is 0.0255. The van der Waals surface area contributed by atoms with Gasteiger partial charge in [0, 0.05) is 0 Å². The Morgan fingerprint density at radius 1 is 0.810 bits per heavy atom. The molecule has 21 heavy (non-hydrogen) atoms. The lowest BCUT2D eigenvalue weighted by atomic mass is 10.3. The molecule has 0 aliphatic heterocycles. The highest BCUT2D eigenvalue weighted by atomic mass is 16.7. The maximum Gasteiger partial charge on any atom is 0.508 e. The van der Waals surface area contributed by atoms with Crippen LogP contribution in [0.25, 0.3) is 0 Å². The van der Waals surface area contributed by atoms with Gasteiger partial charge in [0.1, 0.15) is 6.10 Å². The van der Waals surface area contributed by atoms with Gasteiger partial charge in [-0.15, -0.1) is 0 Å². The first-order chi connectivity index (χ1) is 10.0. The fraction of sp³-hybridized carbons (Fsp3) is 0.750. The Hall–Kier alpha value is -2.19. The van der Waals surface area contributed by atoms with Crippen LogP contribution in [0.4, 0.5) is 14.4 Å². The lowest BCUT2D eigenvalue weighted by Crippen LogP contribution is -2.43. The number of ether oxygens (including phenoxy) is 4. The first-order valence-electron chi connectivity index (χ1n) is 6.68. The van der Waals surface area contributed by atoms with E-state index in [1.165, 1.54) is 0 Å². The van der Waals surface area contributed by atoms with Crippen LogP contribution in [0.5, 0.6) is 0 Å². The van der Waals surface area contributed by atoms with Crippen LogP contribution in [0.1, 0.15) is 20.8 Å². The van der Waals surface area contributed by atoms with Crippen molar-refractivity contribution < 1.29 is 33.3 Å². The van der Waals surface area contributed by atoms with Crippen LogP contribution in [-0.2, 0) is 18.9 Å². The Morgan fingerprint density at radius 2 is 1.24 bits per heavy atom. The van der Waals surface area contributed by atoms with Gasteiger partial charge in [-0.25, -0.2) is 14.4 Å². The molecular formula is C12H22N2O7. The van der Waals surface area contributed by atoms with Crippen LogP contribution < -0.4 is 10.6 Å². The predicted octanol–water partition coefficient (Wildman–Crippen LogP) is 1.02. The highest BCUT2D eigenvalue weighted by Crippen LogP contribution is 1.95. The van der Waals surface area contributed by atoms with Crippen LogP contribution in [0.3, 0.4) is 0 Å². The summed E-state index contributed by atoms with van der Waals surface area (Å²) in [5.41, 5.74) is 0. The third kappa shape index (κ3) is 10.3. The standard InChI is InChI=1S/C12H22N2O7/c1-4-18-10(15)13-7-9(21-12(17)20-6-3)8-14-11(16)19-5-2/h9H,4-8H2,1-3H3,(H,13,15)(H,14,16). The van der Waals surface area contributed by atoms with Crippen LogP contribution in [0.2, 0.25) is 0 Å². The summed E-state index contributed by atoms with van der Waals surface area (Å²) in [4.78, 5) is 33.6. The van der Waals surface area contributed by atoms with Gasteiger partial charge in [-0.1, -0.05) is 0 Å². The molecule has 0 unspecified atom stereocenters. The van der Waals surface area contributed by atoms with Crippen molar-refractivity contribution in [2.45, 2.75) is 26.9 Å². The van der Waals surface area contributed by atoms with Crippen LogP contribution >= 0.6 is 0 Å².